The van der Waals surface area contributed by atoms with Gasteiger partial charge in [-0.05, 0) is 18.6 Å². The molecule has 0 radical (unpaired) electrons. The van der Waals surface area contributed by atoms with Crippen LogP contribution in [-0.4, -0.2) is 16.4 Å². The zero-order valence-electron chi connectivity index (χ0n) is 12.8. The molecule has 23 heavy (non-hydrogen) atoms. The van der Waals surface area contributed by atoms with Gasteiger partial charge in [-0.3, -0.25) is 4.98 Å². The fourth-order valence-corrected chi connectivity index (χ4v) is 2.76. The third-order valence-corrected chi connectivity index (χ3v) is 3.81. The van der Waals surface area contributed by atoms with Crippen molar-refractivity contribution in [3.8, 4) is 0 Å². The predicted molar refractivity (Wildman–Crippen MR) is 88.1 cm³/mol. The predicted octanol–water partition coefficient (Wildman–Crippen LogP) is 4.63. The first-order valence-corrected chi connectivity index (χ1v) is 7.37. The number of rotatable bonds is 3. The molecule has 0 saturated carbocycles. The summed E-state index contributed by atoms with van der Waals surface area (Å²) in [4.78, 5) is 5.38. The van der Waals surface area contributed by atoms with E-state index in [1.165, 1.54) is 0 Å². The fraction of sp³-hybridized carbons (Fsp3) is 0.105. The molecule has 2 heterocycles. The average molecular weight is 310 g/mol. The molecule has 116 valence electrons. The zero-order valence-corrected chi connectivity index (χ0v) is 12.8. The van der Waals surface area contributed by atoms with E-state index in [0.29, 0.717) is 17.9 Å². The molecule has 0 fully saturated rings. The topological polar surface area (TPSA) is 16.1 Å². The van der Waals surface area contributed by atoms with Gasteiger partial charge in [0.1, 0.15) is 0 Å². The number of allylic oxidation sites excluding steroid dienone is 3. The van der Waals surface area contributed by atoms with Crippen LogP contribution in [0.3, 0.4) is 0 Å². The van der Waals surface area contributed by atoms with Crippen LogP contribution in [0.1, 0.15) is 18.1 Å². The number of nitrogens with zero attached hydrogens (tertiary/aromatic N) is 2. The first-order chi connectivity index (χ1) is 11.1. The van der Waals surface area contributed by atoms with Crippen molar-refractivity contribution in [2.75, 3.05) is 6.54 Å². The van der Waals surface area contributed by atoms with E-state index in [4.69, 9.17) is 0 Å². The standard InChI is InChI=1S/C19H16F2N2/c1-3-23-13(2)9-10-15(14-7-5-4-6-8-14)19(23)18-16(20)11-22-12-17(18)21/h4-12H,2-3H2,1H3. The van der Waals surface area contributed by atoms with E-state index in [9.17, 15) is 8.78 Å². The Morgan fingerprint density at radius 3 is 2.30 bits per heavy atom. The largest absolute Gasteiger partial charge is 0.341 e. The van der Waals surface area contributed by atoms with Crippen molar-refractivity contribution in [1.29, 1.82) is 0 Å². The SMILES string of the molecule is C=C1C=CC(c2ccccc2)=C(c2c(F)cncc2F)N1CC. The van der Waals surface area contributed by atoms with Crippen molar-refractivity contribution in [2.45, 2.75) is 6.92 Å². The molecule has 0 aliphatic carbocycles. The van der Waals surface area contributed by atoms with Gasteiger partial charge in [0.25, 0.3) is 0 Å². The van der Waals surface area contributed by atoms with Crippen molar-refractivity contribution in [2.24, 2.45) is 0 Å². The Labute approximate surface area is 134 Å². The summed E-state index contributed by atoms with van der Waals surface area (Å²) in [5, 5.41) is 0. The molecular formula is C19H16F2N2. The number of aromatic nitrogens is 1. The highest BCUT2D eigenvalue weighted by molar-refractivity contribution is 5.97. The van der Waals surface area contributed by atoms with E-state index < -0.39 is 11.6 Å². The molecule has 1 aromatic heterocycles. The Morgan fingerprint density at radius 2 is 1.70 bits per heavy atom. The van der Waals surface area contributed by atoms with Gasteiger partial charge in [-0.1, -0.05) is 43.0 Å². The molecule has 0 spiro atoms. The smallest absolute Gasteiger partial charge is 0.153 e. The van der Waals surface area contributed by atoms with E-state index in [1.54, 1.807) is 0 Å². The lowest BCUT2D eigenvalue weighted by molar-refractivity contribution is 0.508. The maximum Gasteiger partial charge on any atom is 0.153 e. The van der Waals surface area contributed by atoms with Crippen molar-refractivity contribution >= 4 is 11.3 Å². The summed E-state index contributed by atoms with van der Waals surface area (Å²) in [6.07, 6.45) is 5.76. The summed E-state index contributed by atoms with van der Waals surface area (Å²) in [5.41, 5.74) is 2.73. The van der Waals surface area contributed by atoms with Crippen LogP contribution in [0.2, 0.25) is 0 Å². The third-order valence-electron chi connectivity index (χ3n) is 3.81. The normalized spacial score (nSPS) is 14.6. The summed E-state index contributed by atoms with van der Waals surface area (Å²) in [6.45, 7) is 6.45. The van der Waals surface area contributed by atoms with Gasteiger partial charge < -0.3 is 4.90 Å². The third kappa shape index (κ3) is 2.68. The Morgan fingerprint density at radius 1 is 1.04 bits per heavy atom. The van der Waals surface area contributed by atoms with Crippen LogP contribution in [0.4, 0.5) is 8.78 Å². The summed E-state index contributed by atoms with van der Waals surface area (Å²) in [7, 11) is 0. The van der Waals surface area contributed by atoms with Crippen molar-refractivity contribution in [3.63, 3.8) is 0 Å². The van der Waals surface area contributed by atoms with E-state index in [2.05, 4.69) is 11.6 Å². The molecule has 0 amide bonds. The second kappa shape index (κ2) is 6.16. The molecule has 1 aliphatic heterocycles. The highest BCUT2D eigenvalue weighted by Gasteiger charge is 2.26. The number of pyridine rings is 1. The van der Waals surface area contributed by atoms with Gasteiger partial charge in [0.05, 0.1) is 23.7 Å². The summed E-state index contributed by atoms with van der Waals surface area (Å²) < 4.78 is 28.7. The van der Waals surface area contributed by atoms with Gasteiger partial charge in [0.15, 0.2) is 11.6 Å². The molecule has 4 heteroatoms. The van der Waals surface area contributed by atoms with Gasteiger partial charge in [-0.25, -0.2) is 8.78 Å². The van der Waals surface area contributed by atoms with Crippen LogP contribution in [0, 0.1) is 11.6 Å². The number of hydrogen-bond acceptors (Lipinski definition) is 2. The average Bonchev–Trinajstić information content (AvgIpc) is 2.56. The molecule has 2 aromatic rings. The highest BCUT2D eigenvalue weighted by Crippen LogP contribution is 2.37. The first-order valence-electron chi connectivity index (χ1n) is 7.37. The minimum absolute atomic E-state index is 0.0776. The molecule has 3 rings (SSSR count). The Kier molecular flexibility index (Phi) is 4.06. The number of likely N-dealkylation sites (N-methyl/N-ethyl adjacent to an activating group) is 1. The van der Waals surface area contributed by atoms with E-state index in [0.717, 1.165) is 23.5 Å². The summed E-state index contributed by atoms with van der Waals surface area (Å²) in [6, 6.07) is 9.52. The summed E-state index contributed by atoms with van der Waals surface area (Å²) >= 11 is 0. The second-order valence-corrected chi connectivity index (χ2v) is 5.18. The maximum atomic E-state index is 14.3. The van der Waals surface area contributed by atoms with Crippen LogP contribution < -0.4 is 0 Å². The lowest BCUT2D eigenvalue weighted by Gasteiger charge is -2.32. The molecule has 1 aliphatic rings. The lowest BCUT2D eigenvalue weighted by Crippen LogP contribution is -2.24. The van der Waals surface area contributed by atoms with Crippen molar-refractivity contribution in [1.82, 2.24) is 9.88 Å². The van der Waals surface area contributed by atoms with Crippen molar-refractivity contribution < 1.29 is 8.78 Å². The maximum absolute atomic E-state index is 14.3. The molecule has 0 unspecified atom stereocenters. The number of benzene rings is 1. The second-order valence-electron chi connectivity index (χ2n) is 5.18. The van der Waals surface area contributed by atoms with Gasteiger partial charge in [0.2, 0.25) is 0 Å². The Bertz CT molecular complexity index is 787. The van der Waals surface area contributed by atoms with Gasteiger partial charge in [-0.15, -0.1) is 0 Å². The minimum Gasteiger partial charge on any atom is -0.341 e. The monoisotopic (exact) mass is 310 g/mol. The van der Waals surface area contributed by atoms with Crippen LogP contribution in [0.5, 0.6) is 0 Å². The van der Waals surface area contributed by atoms with Crippen molar-refractivity contribution in [3.05, 3.63) is 89.9 Å². The van der Waals surface area contributed by atoms with Crippen LogP contribution in [0.15, 0.2) is 67.2 Å². The van der Waals surface area contributed by atoms with Gasteiger partial charge in [0, 0.05) is 17.8 Å². The Hall–Kier alpha value is -2.75. The highest BCUT2D eigenvalue weighted by atomic mass is 19.1. The molecule has 1 aromatic carbocycles. The van der Waals surface area contributed by atoms with E-state index >= 15 is 0 Å². The van der Waals surface area contributed by atoms with E-state index in [-0.39, 0.29) is 5.56 Å². The first kappa shape index (κ1) is 15.2. The fourth-order valence-electron chi connectivity index (χ4n) is 2.76. The quantitative estimate of drug-likeness (QED) is 0.821. The van der Waals surface area contributed by atoms with Gasteiger partial charge in [-0.2, -0.15) is 0 Å². The minimum atomic E-state index is -0.685. The molecular weight excluding hydrogens is 294 g/mol. The molecule has 0 atom stereocenters. The van der Waals surface area contributed by atoms with Crippen LogP contribution in [0.25, 0.3) is 11.3 Å². The molecule has 2 nitrogen and oxygen atoms in total. The van der Waals surface area contributed by atoms with E-state index in [1.807, 2.05) is 54.3 Å². The number of halogens is 2. The Balaban J connectivity index is 2.33. The summed E-state index contributed by atoms with van der Waals surface area (Å²) in [5.74, 6) is -1.37. The molecule has 0 saturated heterocycles. The zero-order chi connectivity index (χ0) is 16.4. The molecule has 0 N–H and O–H groups in total. The van der Waals surface area contributed by atoms with Crippen LogP contribution >= 0.6 is 0 Å². The van der Waals surface area contributed by atoms with Gasteiger partial charge >= 0.3 is 0 Å². The molecule has 0 bridgehead atoms. The lowest BCUT2D eigenvalue weighted by atomic mass is 9.95. The van der Waals surface area contributed by atoms with Crippen LogP contribution in [-0.2, 0) is 0 Å². The number of hydrogen-bond donors (Lipinski definition) is 0.